The van der Waals surface area contributed by atoms with E-state index in [1.54, 1.807) is 0 Å². The van der Waals surface area contributed by atoms with E-state index in [0.717, 1.165) is 42.4 Å². The molecule has 0 fully saturated rings. The molecule has 0 N–H and O–H groups in total. The second-order valence-corrected chi connectivity index (χ2v) is 9.24. The Hall–Kier alpha value is -2.55. The fourth-order valence-electron chi connectivity index (χ4n) is 4.03. The van der Waals surface area contributed by atoms with Gasteiger partial charge in [0.15, 0.2) is 6.29 Å². The lowest BCUT2D eigenvalue weighted by molar-refractivity contribution is 0.111. The predicted molar refractivity (Wildman–Crippen MR) is 145 cm³/mol. The first-order valence-electron chi connectivity index (χ1n) is 13.3. The maximum Gasteiger partial charge on any atom is 0.153 e. The number of ether oxygens (including phenoxy) is 2. The summed E-state index contributed by atoms with van der Waals surface area (Å²) in [5.74, 6) is 2.41. The highest BCUT2D eigenvalue weighted by atomic mass is 16.5. The highest BCUT2D eigenvalue weighted by Gasteiger charge is 2.15. The van der Waals surface area contributed by atoms with Gasteiger partial charge in [-0.25, -0.2) is 0 Å². The largest absolute Gasteiger partial charge is 0.493 e. The SMILES string of the molecule is CCCCC(CC)COc1cc(/C=C/c2ccccc2)c(OCC(CC)CCCC)cc1C=O. The number of unbranched alkanes of at least 4 members (excludes halogenated alkanes) is 2. The second-order valence-electron chi connectivity index (χ2n) is 9.24. The molecule has 34 heavy (non-hydrogen) atoms. The fraction of sp³-hybridized carbons (Fsp3) is 0.516. The van der Waals surface area contributed by atoms with Crippen molar-refractivity contribution in [2.75, 3.05) is 13.2 Å². The first-order chi connectivity index (χ1) is 16.6. The Bertz CT molecular complexity index is 856. The van der Waals surface area contributed by atoms with Gasteiger partial charge in [0.05, 0.1) is 18.8 Å². The lowest BCUT2D eigenvalue weighted by Crippen LogP contribution is -2.13. The van der Waals surface area contributed by atoms with Gasteiger partial charge in [-0.2, -0.15) is 0 Å². The molecule has 0 aliphatic heterocycles. The molecule has 0 radical (unpaired) electrons. The number of hydrogen-bond acceptors (Lipinski definition) is 3. The summed E-state index contributed by atoms with van der Waals surface area (Å²) in [6, 6.07) is 14.0. The van der Waals surface area contributed by atoms with E-state index in [4.69, 9.17) is 9.47 Å². The van der Waals surface area contributed by atoms with Gasteiger partial charge in [0.25, 0.3) is 0 Å². The van der Waals surface area contributed by atoms with Crippen LogP contribution < -0.4 is 9.47 Å². The quantitative estimate of drug-likeness (QED) is 0.173. The Morgan fingerprint density at radius 1 is 0.735 bits per heavy atom. The Morgan fingerprint density at radius 2 is 1.26 bits per heavy atom. The van der Waals surface area contributed by atoms with Crippen LogP contribution in [0, 0.1) is 11.8 Å². The second kappa shape index (κ2) is 16.1. The molecule has 0 aliphatic rings. The molecule has 0 saturated carbocycles. The molecule has 0 aromatic heterocycles. The summed E-state index contributed by atoms with van der Waals surface area (Å²) in [5, 5.41) is 0. The molecular formula is C31H44O3. The first kappa shape index (κ1) is 27.7. The standard InChI is InChI=1S/C31H44O3/c1-5-9-14-25(7-3)23-33-30-21-29(22-32)31(34-24-26(8-4)15-10-6-2)20-28(30)19-18-27-16-12-11-13-17-27/h11-13,16-22,25-26H,5-10,14-15,23-24H2,1-4H3/b19-18+. The van der Waals surface area contributed by atoms with Gasteiger partial charge < -0.3 is 9.47 Å². The van der Waals surface area contributed by atoms with Crippen LogP contribution in [0.25, 0.3) is 12.2 Å². The number of carbonyl (C=O) groups excluding carboxylic acids is 1. The molecule has 2 unspecified atom stereocenters. The summed E-state index contributed by atoms with van der Waals surface area (Å²) >= 11 is 0. The van der Waals surface area contributed by atoms with Crippen molar-refractivity contribution in [3.63, 3.8) is 0 Å². The predicted octanol–water partition coefficient (Wildman–Crippen LogP) is 8.86. The van der Waals surface area contributed by atoms with Crippen molar-refractivity contribution in [1.29, 1.82) is 0 Å². The van der Waals surface area contributed by atoms with Crippen molar-refractivity contribution < 1.29 is 14.3 Å². The summed E-state index contributed by atoms with van der Waals surface area (Å²) in [5.41, 5.74) is 2.62. The molecule has 0 heterocycles. The topological polar surface area (TPSA) is 35.5 Å². The molecule has 0 spiro atoms. The maximum atomic E-state index is 11.9. The van der Waals surface area contributed by atoms with E-state index < -0.39 is 0 Å². The Kier molecular flexibility index (Phi) is 13.1. The first-order valence-corrected chi connectivity index (χ1v) is 13.3. The summed E-state index contributed by atoms with van der Waals surface area (Å²) in [4.78, 5) is 11.9. The van der Waals surface area contributed by atoms with Crippen molar-refractivity contribution in [2.45, 2.75) is 79.1 Å². The van der Waals surface area contributed by atoms with Crippen LogP contribution in [-0.2, 0) is 0 Å². The van der Waals surface area contributed by atoms with Gasteiger partial charge in [-0.15, -0.1) is 0 Å². The van der Waals surface area contributed by atoms with E-state index in [-0.39, 0.29) is 0 Å². The van der Waals surface area contributed by atoms with Crippen LogP contribution in [0.2, 0.25) is 0 Å². The highest BCUT2D eigenvalue weighted by molar-refractivity contribution is 5.83. The molecule has 2 aromatic rings. The van der Waals surface area contributed by atoms with Gasteiger partial charge in [-0.05, 0) is 42.4 Å². The van der Waals surface area contributed by atoms with Crippen molar-refractivity contribution in [2.24, 2.45) is 11.8 Å². The molecule has 186 valence electrons. The lowest BCUT2D eigenvalue weighted by Gasteiger charge is -2.20. The van der Waals surface area contributed by atoms with Crippen LogP contribution in [-0.4, -0.2) is 19.5 Å². The van der Waals surface area contributed by atoms with Gasteiger partial charge in [-0.1, -0.05) is 109 Å². The van der Waals surface area contributed by atoms with E-state index >= 15 is 0 Å². The van der Waals surface area contributed by atoms with Crippen molar-refractivity contribution in [3.8, 4) is 11.5 Å². The van der Waals surface area contributed by atoms with Crippen LogP contribution in [0.3, 0.4) is 0 Å². The summed E-state index contributed by atoms with van der Waals surface area (Å²) in [6.07, 6.45) is 14.3. The number of aldehydes is 1. The molecule has 2 rings (SSSR count). The molecule has 2 aromatic carbocycles. The van der Waals surface area contributed by atoms with Crippen molar-refractivity contribution in [1.82, 2.24) is 0 Å². The van der Waals surface area contributed by atoms with Gasteiger partial charge in [0, 0.05) is 5.56 Å². The van der Waals surface area contributed by atoms with Crippen LogP contribution >= 0.6 is 0 Å². The minimum absolute atomic E-state index is 0.502. The van der Waals surface area contributed by atoms with Gasteiger partial charge in [-0.3, -0.25) is 4.79 Å². The minimum atomic E-state index is 0.502. The number of benzene rings is 2. The van der Waals surface area contributed by atoms with Gasteiger partial charge >= 0.3 is 0 Å². The monoisotopic (exact) mass is 464 g/mol. The molecule has 0 aliphatic carbocycles. The zero-order valence-corrected chi connectivity index (χ0v) is 21.7. The normalized spacial score (nSPS) is 13.1. The molecule has 2 atom stereocenters. The third-order valence-electron chi connectivity index (χ3n) is 6.56. The minimum Gasteiger partial charge on any atom is -0.493 e. The molecule has 0 saturated heterocycles. The van der Waals surface area contributed by atoms with Crippen molar-refractivity contribution >= 4 is 18.4 Å². The third-order valence-corrected chi connectivity index (χ3v) is 6.56. The maximum absolute atomic E-state index is 11.9. The Morgan fingerprint density at radius 3 is 1.76 bits per heavy atom. The van der Waals surface area contributed by atoms with Gasteiger partial charge in [0.2, 0.25) is 0 Å². The summed E-state index contributed by atoms with van der Waals surface area (Å²) in [6.45, 7) is 10.2. The fourth-order valence-corrected chi connectivity index (χ4v) is 4.03. The van der Waals surface area contributed by atoms with Crippen LogP contribution in [0.5, 0.6) is 11.5 Å². The van der Waals surface area contributed by atoms with Crippen LogP contribution in [0.4, 0.5) is 0 Å². The third kappa shape index (κ3) is 9.37. The number of rotatable bonds is 17. The van der Waals surface area contributed by atoms with E-state index in [1.807, 2.05) is 30.3 Å². The average Bonchev–Trinajstić information content (AvgIpc) is 2.88. The van der Waals surface area contributed by atoms with E-state index in [1.165, 1.54) is 32.1 Å². The van der Waals surface area contributed by atoms with Crippen LogP contribution in [0.15, 0.2) is 42.5 Å². The van der Waals surface area contributed by atoms with E-state index in [2.05, 4.69) is 52.0 Å². The smallest absolute Gasteiger partial charge is 0.153 e. The van der Waals surface area contributed by atoms with E-state index in [0.29, 0.717) is 36.4 Å². The van der Waals surface area contributed by atoms with E-state index in [9.17, 15) is 4.79 Å². The summed E-state index contributed by atoms with van der Waals surface area (Å²) in [7, 11) is 0. The molecular weight excluding hydrogens is 420 g/mol. The highest BCUT2D eigenvalue weighted by Crippen LogP contribution is 2.31. The number of carbonyl (C=O) groups is 1. The molecule has 0 amide bonds. The molecule has 3 nitrogen and oxygen atoms in total. The molecule has 3 heteroatoms. The molecule has 0 bridgehead atoms. The number of hydrogen-bond donors (Lipinski definition) is 0. The van der Waals surface area contributed by atoms with Gasteiger partial charge in [0.1, 0.15) is 11.5 Å². The zero-order chi connectivity index (χ0) is 24.6. The van der Waals surface area contributed by atoms with Crippen molar-refractivity contribution in [3.05, 3.63) is 59.2 Å². The average molecular weight is 465 g/mol. The van der Waals surface area contributed by atoms with Crippen LogP contribution in [0.1, 0.15) is 101 Å². The Balaban J connectivity index is 2.29. The zero-order valence-electron chi connectivity index (χ0n) is 21.7. The lowest BCUT2D eigenvalue weighted by atomic mass is 10.00. The summed E-state index contributed by atoms with van der Waals surface area (Å²) < 4.78 is 12.5. The Labute approximate surface area is 207 Å².